The Morgan fingerprint density at radius 2 is 2.25 bits per heavy atom. The van der Waals surface area contributed by atoms with Gasteiger partial charge in [-0.05, 0) is 29.4 Å². The van der Waals surface area contributed by atoms with E-state index in [1.165, 1.54) is 13.2 Å². The number of methoxy groups -OCH3 is 1. The smallest absolute Gasteiger partial charge is 0.165 e. The van der Waals surface area contributed by atoms with Crippen LogP contribution >= 0.6 is 11.8 Å². The Labute approximate surface area is 99.8 Å². The van der Waals surface area contributed by atoms with Gasteiger partial charge in [0.05, 0.1) is 7.11 Å². The highest BCUT2D eigenvalue weighted by Gasteiger charge is 2.04. The summed E-state index contributed by atoms with van der Waals surface area (Å²) in [6.45, 7) is 2.19. The van der Waals surface area contributed by atoms with Gasteiger partial charge in [-0.3, -0.25) is 0 Å². The topological polar surface area (TPSA) is 29.5 Å². The van der Waals surface area contributed by atoms with Gasteiger partial charge in [-0.15, -0.1) is 0 Å². The molecular weight excluding hydrogens is 227 g/mol. The van der Waals surface area contributed by atoms with Crippen molar-refractivity contribution in [3.8, 4) is 5.75 Å². The number of hydrogen-bond donors (Lipinski definition) is 1. The first kappa shape index (κ1) is 13.3. The van der Waals surface area contributed by atoms with Crippen molar-refractivity contribution in [1.29, 1.82) is 0 Å². The molecule has 0 aromatic heterocycles. The van der Waals surface area contributed by atoms with E-state index in [0.717, 1.165) is 17.1 Å². The van der Waals surface area contributed by atoms with Crippen LogP contribution in [0.25, 0.3) is 0 Å². The summed E-state index contributed by atoms with van der Waals surface area (Å²) in [5.41, 5.74) is 0.938. The van der Waals surface area contributed by atoms with Gasteiger partial charge in [0, 0.05) is 12.4 Å². The van der Waals surface area contributed by atoms with Crippen LogP contribution in [-0.4, -0.2) is 24.6 Å². The minimum absolute atomic E-state index is 0.198. The van der Waals surface area contributed by atoms with E-state index < -0.39 is 0 Å². The number of aliphatic hydroxyl groups excluding tert-OH is 1. The highest BCUT2D eigenvalue weighted by atomic mass is 32.2. The number of rotatable bonds is 6. The van der Waals surface area contributed by atoms with Crippen molar-refractivity contribution in [1.82, 2.24) is 0 Å². The average Bonchev–Trinajstić information content (AvgIpc) is 2.29. The second-order valence-corrected chi connectivity index (χ2v) is 4.80. The summed E-state index contributed by atoms with van der Waals surface area (Å²) < 4.78 is 18.2. The monoisotopic (exact) mass is 244 g/mol. The molecule has 0 radical (unpaired) electrons. The van der Waals surface area contributed by atoms with Crippen LogP contribution < -0.4 is 4.74 Å². The third-order valence-corrected chi connectivity index (χ3v) is 3.54. The molecule has 0 fully saturated rings. The van der Waals surface area contributed by atoms with Crippen LogP contribution in [0.2, 0.25) is 0 Å². The van der Waals surface area contributed by atoms with E-state index in [-0.39, 0.29) is 24.1 Å². The van der Waals surface area contributed by atoms with Crippen molar-refractivity contribution in [3.63, 3.8) is 0 Å². The zero-order valence-corrected chi connectivity index (χ0v) is 10.4. The van der Waals surface area contributed by atoms with Gasteiger partial charge in [-0.2, -0.15) is 11.8 Å². The maximum absolute atomic E-state index is 13.3. The van der Waals surface area contributed by atoms with Crippen molar-refractivity contribution in [2.45, 2.75) is 12.7 Å². The minimum atomic E-state index is -0.323. The summed E-state index contributed by atoms with van der Waals surface area (Å²) in [5, 5.41) is 8.85. The molecule has 1 atom stereocenters. The Morgan fingerprint density at radius 1 is 1.50 bits per heavy atom. The van der Waals surface area contributed by atoms with Crippen molar-refractivity contribution in [2.24, 2.45) is 5.92 Å². The highest BCUT2D eigenvalue weighted by molar-refractivity contribution is 7.98. The zero-order chi connectivity index (χ0) is 12.0. The minimum Gasteiger partial charge on any atom is -0.494 e. The molecule has 0 saturated heterocycles. The fraction of sp³-hybridized carbons (Fsp3) is 0.500. The molecule has 1 unspecified atom stereocenters. The predicted molar refractivity (Wildman–Crippen MR) is 65.4 cm³/mol. The first-order valence-electron chi connectivity index (χ1n) is 5.18. The Bertz CT molecular complexity index is 331. The van der Waals surface area contributed by atoms with Gasteiger partial charge in [0.15, 0.2) is 11.6 Å². The molecule has 0 heterocycles. The van der Waals surface area contributed by atoms with Gasteiger partial charge < -0.3 is 9.84 Å². The zero-order valence-electron chi connectivity index (χ0n) is 9.57. The number of benzene rings is 1. The fourth-order valence-corrected chi connectivity index (χ4v) is 2.27. The molecule has 1 N–H and O–H groups in total. The van der Waals surface area contributed by atoms with Crippen LogP contribution in [0, 0.1) is 11.7 Å². The molecule has 0 bridgehead atoms. The van der Waals surface area contributed by atoms with E-state index >= 15 is 0 Å². The van der Waals surface area contributed by atoms with Gasteiger partial charge >= 0.3 is 0 Å². The number of halogens is 1. The van der Waals surface area contributed by atoms with Crippen LogP contribution in [0.4, 0.5) is 4.39 Å². The van der Waals surface area contributed by atoms with Gasteiger partial charge in [0.25, 0.3) is 0 Å². The van der Waals surface area contributed by atoms with Gasteiger partial charge in [0.2, 0.25) is 0 Å². The number of hydrogen-bond acceptors (Lipinski definition) is 3. The molecular formula is C12H17FO2S. The van der Waals surface area contributed by atoms with Gasteiger partial charge in [-0.1, -0.05) is 13.0 Å². The first-order chi connectivity index (χ1) is 7.67. The van der Waals surface area contributed by atoms with Crippen LogP contribution in [0.1, 0.15) is 12.5 Å². The van der Waals surface area contributed by atoms with E-state index in [4.69, 9.17) is 9.84 Å². The lowest BCUT2D eigenvalue weighted by Gasteiger charge is -2.08. The molecule has 1 aromatic rings. The lowest BCUT2D eigenvalue weighted by Crippen LogP contribution is -2.03. The van der Waals surface area contributed by atoms with E-state index in [9.17, 15) is 4.39 Å². The number of aliphatic hydroxyl groups is 1. The third-order valence-electron chi connectivity index (χ3n) is 2.20. The van der Waals surface area contributed by atoms with Crippen molar-refractivity contribution >= 4 is 11.8 Å². The average molecular weight is 244 g/mol. The number of thioether (sulfide) groups is 1. The quantitative estimate of drug-likeness (QED) is 0.834. The third kappa shape index (κ3) is 4.02. The lowest BCUT2D eigenvalue weighted by molar-refractivity contribution is 0.250. The molecule has 1 rings (SSSR count). The largest absolute Gasteiger partial charge is 0.494 e. The Kier molecular flexibility index (Phi) is 5.63. The summed E-state index contributed by atoms with van der Waals surface area (Å²) in [5.74, 6) is 1.87. The molecule has 0 aliphatic rings. The second kappa shape index (κ2) is 6.76. The highest BCUT2D eigenvalue weighted by Crippen LogP contribution is 2.21. The number of ether oxygens (including phenoxy) is 1. The Morgan fingerprint density at radius 3 is 2.81 bits per heavy atom. The molecule has 0 aliphatic carbocycles. The molecule has 0 saturated carbocycles. The first-order valence-corrected chi connectivity index (χ1v) is 6.34. The molecule has 4 heteroatoms. The molecule has 0 spiro atoms. The molecule has 0 amide bonds. The SMILES string of the molecule is COc1ccc(CSCC(C)CO)cc1F. The Hall–Kier alpha value is -0.740. The molecule has 16 heavy (non-hydrogen) atoms. The van der Waals surface area contributed by atoms with Crippen LogP contribution in [-0.2, 0) is 5.75 Å². The normalized spacial score (nSPS) is 12.5. The van der Waals surface area contributed by atoms with Gasteiger partial charge in [0.1, 0.15) is 0 Å². The predicted octanol–water partition coefficient (Wildman–Crippen LogP) is 2.70. The maximum Gasteiger partial charge on any atom is 0.165 e. The van der Waals surface area contributed by atoms with E-state index in [0.29, 0.717) is 0 Å². The molecule has 90 valence electrons. The summed E-state index contributed by atoms with van der Waals surface area (Å²) >= 11 is 1.69. The van der Waals surface area contributed by atoms with Crippen molar-refractivity contribution < 1.29 is 14.2 Å². The fourth-order valence-electron chi connectivity index (χ4n) is 1.23. The molecule has 2 nitrogen and oxygen atoms in total. The van der Waals surface area contributed by atoms with Crippen molar-refractivity contribution in [2.75, 3.05) is 19.5 Å². The Balaban J connectivity index is 2.46. The van der Waals surface area contributed by atoms with Crippen molar-refractivity contribution in [3.05, 3.63) is 29.6 Å². The molecule has 1 aromatic carbocycles. The van der Waals surface area contributed by atoms with Crippen LogP contribution in [0.5, 0.6) is 5.75 Å². The lowest BCUT2D eigenvalue weighted by atomic mass is 10.2. The van der Waals surface area contributed by atoms with E-state index in [1.54, 1.807) is 17.8 Å². The summed E-state index contributed by atoms with van der Waals surface area (Å²) in [4.78, 5) is 0. The second-order valence-electron chi connectivity index (χ2n) is 3.77. The molecule has 0 aliphatic heterocycles. The van der Waals surface area contributed by atoms with Crippen LogP contribution in [0.3, 0.4) is 0 Å². The van der Waals surface area contributed by atoms with E-state index in [1.807, 2.05) is 13.0 Å². The van der Waals surface area contributed by atoms with Gasteiger partial charge in [-0.25, -0.2) is 4.39 Å². The van der Waals surface area contributed by atoms with Crippen LogP contribution in [0.15, 0.2) is 18.2 Å². The maximum atomic E-state index is 13.3. The summed E-state index contributed by atoms with van der Waals surface area (Å²) in [7, 11) is 1.45. The summed E-state index contributed by atoms with van der Waals surface area (Å²) in [6.07, 6.45) is 0. The van der Waals surface area contributed by atoms with E-state index in [2.05, 4.69) is 0 Å². The standard InChI is InChI=1S/C12H17FO2S/c1-9(6-14)7-16-8-10-3-4-12(15-2)11(13)5-10/h3-5,9,14H,6-8H2,1-2H3. The summed E-state index contributed by atoms with van der Waals surface area (Å²) in [6, 6.07) is 4.99.